The van der Waals surface area contributed by atoms with Gasteiger partial charge in [-0.05, 0) is 199 Å². The molecule has 0 bridgehead atoms. The number of ether oxygens (including phenoxy) is 6. The molecule has 10 heteroatoms. The summed E-state index contributed by atoms with van der Waals surface area (Å²) in [5.74, 6) is 7.96. The Kier molecular flexibility index (Phi) is 34.1. The molecule has 2 heterocycles. The summed E-state index contributed by atoms with van der Waals surface area (Å²) in [7, 11) is 0. The molecule has 0 radical (unpaired) electrons. The zero-order valence-electron chi connectivity index (χ0n) is 55.7. The van der Waals surface area contributed by atoms with Crippen molar-refractivity contribution in [3.63, 3.8) is 0 Å². The highest BCUT2D eigenvalue weighted by Gasteiger charge is 2.38. The molecule has 83 heavy (non-hydrogen) atoms. The van der Waals surface area contributed by atoms with Gasteiger partial charge >= 0.3 is 0 Å². The van der Waals surface area contributed by atoms with Crippen LogP contribution in [0.1, 0.15) is 247 Å². The summed E-state index contributed by atoms with van der Waals surface area (Å²) >= 11 is 0. The predicted octanol–water partition coefficient (Wildman–Crippen LogP) is 17.9. The van der Waals surface area contributed by atoms with E-state index in [-0.39, 0.29) is 69.3 Å². The molecule has 3 saturated carbocycles. The van der Waals surface area contributed by atoms with Crippen LogP contribution in [0.2, 0.25) is 0 Å². The van der Waals surface area contributed by atoms with Crippen molar-refractivity contribution in [2.24, 2.45) is 76.9 Å². The second-order valence-corrected chi connectivity index (χ2v) is 27.8. The van der Waals surface area contributed by atoms with Crippen molar-refractivity contribution in [1.82, 2.24) is 10.6 Å². The second kappa shape index (κ2) is 37.1. The maximum atomic E-state index is 11.9. The van der Waals surface area contributed by atoms with Crippen molar-refractivity contribution < 1.29 is 38.0 Å². The molecule has 0 spiro atoms. The number of carbonyl (C=O) groups excluding carboxylic acids is 2. The first-order valence-electron chi connectivity index (χ1n) is 32.7. The Bertz CT molecular complexity index is 2060. The zero-order chi connectivity index (χ0) is 60.4. The van der Waals surface area contributed by atoms with E-state index in [9.17, 15) is 9.59 Å². The Morgan fingerprint density at radius 2 is 0.952 bits per heavy atom. The lowest BCUT2D eigenvalue weighted by Crippen LogP contribution is -2.40. The predicted molar refractivity (Wildman–Crippen MR) is 349 cm³/mol. The SMILES string of the molecule is C.C.CCC(C)C(C(=O)NC(C)C)C(C)C.CCNC(=O)C1CC(C)CCC1C(C)C.Cc1ccc(C2OCC(COC3CC(C)CCC3C(C)C)O2)c(C)c1C.Cc1ccc(C2OCC(CO[C@@H]3C[C@H](C)CCC3C(C)C)O2)c(C)c1C. The summed E-state index contributed by atoms with van der Waals surface area (Å²) in [6.07, 6.45) is 12.5. The molecule has 15 atom stereocenters. The molecule has 0 aromatic heterocycles. The monoisotopic (exact) mass is 1160 g/mol. The van der Waals surface area contributed by atoms with Crippen molar-refractivity contribution >= 4 is 11.8 Å². The molecule has 480 valence electrons. The number of amides is 2. The summed E-state index contributed by atoms with van der Waals surface area (Å²) in [6.45, 7) is 51.5. The molecule has 2 N–H and O–H groups in total. The Hall–Kier alpha value is -2.86. The largest absolute Gasteiger partial charge is 0.375 e. The summed E-state index contributed by atoms with van der Waals surface area (Å²) in [6, 6.07) is 8.84. The van der Waals surface area contributed by atoms with Gasteiger partial charge in [-0.25, -0.2) is 0 Å². The Morgan fingerprint density at radius 1 is 0.554 bits per heavy atom. The Morgan fingerprint density at radius 3 is 1.31 bits per heavy atom. The molecule has 7 rings (SSSR count). The lowest BCUT2D eigenvalue weighted by Gasteiger charge is -2.37. The van der Waals surface area contributed by atoms with E-state index in [1.165, 1.54) is 84.7 Å². The standard InChI is InChI=1S/2C23H36O3.C13H25NO.C12H25NO.2CH4/c2*1-14(2)20-9-7-15(3)11-22(20)24-12-19-13-25-23(26-19)21-10-8-16(4)17(5)18(21)6;1-5-14-13(15)12-8-10(4)6-7-11(12)9(2)3;1-7-10(6)11(8(2)3)12(14)13-9(4)5;;/h2*8,10,14-15,19-20,22-23H,7,9,11-13H2,1-6H3;9-12H,5-8H2,1-4H3,(H,14,15);8-11H,7H2,1-6H3,(H,13,14);2*1H4/t15-,19?,20?,22-,23?;;;;;/m1...../s1. The molecular weight excluding hydrogens is 1030 g/mol. The topological polar surface area (TPSA) is 114 Å². The van der Waals surface area contributed by atoms with Crippen molar-refractivity contribution in [2.45, 2.75) is 274 Å². The molecule has 10 nitrogen and oxygen atoms in total. The zero-order valence-corrected chi connectivity index (χ0v) is 55.7. The highest BCUT2D eigenvalue weighted by molar-refractivity contribution is 5.79. The smallest absolute Gasteiger partial charge is 0.223 e. The number of hydrogen-bond acceptors (Lipinski definition) is 8. The van der Waals surface area contributed by atoms with Gasteiger partial charge in [0, 0.05) is 35.5 Å². The van der Waals surface area contributed by atoms with Crippen LogP contribution in [0.3, 0.4) is 0 Å². The van der Waals surface area contributed by atoms with Crippen LogP contribution in [0.5, 0.6) is 0 Å². The van der Waals surface area contributed by atoms with Gasteiger partial charge < -0.3 is 39.1 Å². The molecule has 5 aliphatic rings. The van der Waals surface area contributed by atoms with Crippen LogP contribution in [0.25, 0.3) is 0 Å². The first-order valence-corrected chi connectivity index (χ1v) is 32.7. The van der Waals surface area contributed by atoms with Gasteiger partial charge in [-0.3, -0.25) is 9.59 Å². The van der Waals surface area contributed by atoms with Gasteiger partial charge in [-0.2, -0.15) is 0 Å². The number of carbonyl (C=O) groups is 2. The quantitative estimate of drug-likeness (QED) is 0.152. The number of hydrogen-bond donors (Lipinski definition) is 2. The van der Waals surface area contributed by atoms with E-state index in [0.717, 1.165) is 42.3 Å². The van der Waals surface area contributed by atoms with Crippen molar-refractivity contribution in [2.75, 3.05) is 33.0 Å². The Balaban J connectivity index is 0.000000390. The molecule has 2 aliphatic heterocycles. The fraction of sp³-hybridized carbons (Fsp3) is 0.808. The fourth-order valence-corrected chi connectivity index (χ4v) is 13.6. The molecule has 3 aliphatic carbocycles. The third-order valence-corrected chi connectivity index (χ3v) is 19.5. The van der Waals surface area contributed by atoms with E-state index < -0.39 is 0 Å². The van der Waals surface area contributed by atoms with E-state index in [0.29, 0.717) is 91.9 Å². The normalized spacial score (nSPS) is 28.6. The molecule has 2 amide bonds. The summed E-state index contributed by atoms with van der Waals surface area (Å²) in [4.78, 5) is 23.8. The number of rotatable bonds is 18. The number of nitrogens with one attached hydrogen (secondary N) is 2. The average Bonchev–Trinajstić information content (AvgIpc) is 4.29. The third kappa shape index (κ3) is 23.0. The van der Waals surface area contributed by atoms with E-state index in [2.05, 4.69) is 166 Å². The molecular formula is C73H130N2O8. The van der Waals surface area contributed by atoms with Gasteiger partial charge in [0.25, 0.3) is 0 Å². The maximum absolute atomic E-state index is 11.9. The summed E-state index contributed by atoms with van der Waals surface area (Å²) in [5, 5.41) is 5.98. The minimum atomic E-state index is -0.255. The van der Waals surface area contributed by atoms with Gasteiger partial charge in [0.15, 0.2) is 12.6 Å². The van der Waals surface area contributed by atoms with Crippen LogP contribution in [0, 0.1) is 118 Å². The minimum absolute atomic E-state index is 0. The molecule has 2 aromatic rings. The lowest BCUT2D eigenvalue weighted by molar-refractivity contribution is -0.129. The van der Waals surface area contributed by atoms with Crippen LogP contribution in [-0.4, -0.2) is 75.2 Å². The van der Waals surface area contributed by atoms with Gasteiger partial charge in [0.2, 0.25) is 11.8 Å². The van der Waals surface area contributed by atoms with Crippen LogP contribution >= 0.6 is 0 Å². The van der Waals surface area contributed by atoms with Crippen LogP contribution in [-0.2, 0) is 38.0 Å². The van der Waals surface area contributed by atoms with Crippen molar-refractivity contribution in [1.29, 1.82) is 0 Å². The summed E-state index contributed by atoms with van der Waals surface area (Å²) in [5.41, 5.74) is 10.1. The van der Waals surface area contributed by atoms with E-state index in [4.69, 9.17) is 28.4 Å². The molecule has 5 fully saturated rings. The van der Waals surface area contributed by atoms with Crippen LogP contribution in [0.15, 0.2) is 24.3 Å². The second-order valence-electron chi connectivity index (χ2n) is 27.8. The Labute approximate surface area is 511 Å². The average molecular weight is 1160 g/mol. The van der Waals surface area contributed by atoms with Gasteiger partial charge in [-0.1, -0.05) is 155 Å². The van der Waals surface area contributed by atoms with Gasteiger partial charge in [0.1, 0.15) is 12.2 Å². The molecule has 2 saturated heterocycles. The number of benzene rings is 2. The van der Waals surface area contributed by atoms with E-state index >= 15 is 0 Å². The van der Waals surface area contributed by atoms with E-state index in [1.54, 1.807) is 0 Å². The third-order valence-electron chi connectivity index (χ3n) is 19.5. The van der Waals surface area contributed by atoms with Gasteiger partial charge in [-0.15, -0.1) is 0 Å². The highest BCUT2D eigenvalue weighted by Crippen LogP contribution is 2.40. The van der Waals surface area contributed by atoms with Crippen LogP contribution in [0.4, 0.5) is 0 Å². The fourth-order valence-electron chi connectivity index (χ4n) is 13.6. The van der Waals surface area contributed by atoms with E-state index in [1.807, 2.05) is 20.8 Å². The van der Waals surface area contributed by atoms with Gasteiger partial charge in [0.05, 0.1) is 38.6 Å². The number of aryl methyl sites for hydroxylation is 2. The highest BCUT2D eigenvalue weighted by atomic mass is 16.7. The molecule has 2 aromatic carbocycles. The first kappa shape index (κ1) is 76.2. The van der Waals surface area contributed by atoms with Crippen LogP contribution < -0.4 is 10.6 Å². The first-order chi connectivity index (χ1) is 38.2. The summed E-state index contributed by atoms with van der Waals surface area (Å²) < 4.78 is 37.0. The maximum Gasteiger partial charge on any atom is 0.223 e. The minimum Gasteiger partial charge on any atom is -0.375 e. The van der Waals surface area contributed by atoms with Crippen molar-refractivity contribution in [3.8, 4) is 0 Å². The van der Waals surface area contributed by atoms with Crippen molar-refractivity contribution in [3.05, 3.63) is 68.8 Å². The lowest BCUT2D eigenvalue weighted by atomic mass is 9.70. The molecule has 13 unspecified atom stereocenters.